The highest BCUT2D eigenvalue weighted by atomic mass is 16.5. The molecule has 3 nitrogen and oxygen atoms in total. The van der Waals surface area contributed by atoms with Gasteiger partial charge in [0.25, 0.3) is 0 Å². The Morgan fingerprint density at radius 2 is 2.00 bits per heavy atom. The predicted molar refractivity (Wildman–Crippen MR) is 65.9 cm³/mol. The molecule has 1 amide bonds. The lowest BCUT2D eigenvalue weighted by atomic mass is 10.1. The van der Waals surface area contributed by atoms with Crippen LogP contribution in [0.15, 0.2) is 24.8 Å². The van der Waals surface area contributed by atoms with E-state index in [4.69, 9.17) is 4.74 Å². The Morgan fingerprint density at radius 1 is 1.44 bits per heavy atom. The minimum absolute atomic E-state index is 0.206. The molecule has 1 N–H and O–H groups in total. The first kappa shape index (κ1) is 12.3. The zero-order valence-electron chi connectivity index (χ0n) is 9.96. The van der Waals surface area contributed by atoms with Crippen molar-refractivity contribution < 1.29 is 9.53 Å². The molecule has 0 spiro atoms. The highest BCUT2D eigenvalue weighted by molar-refractivity contribution is 5.99. The summed E-state index contributed by atoms with van der Waals surface area (Å²) >= 11 is 0. The van der Waals surface area contributed by atoms with Gasteiger partial charge in [-0.15, -0.1) is 0 Å². The van der Waals surface area contributed by atoms with Crippen molar-refractivity contribution in [3.05, 3.63) is 35.9 Å². The maximum atomic E-state index is 11.2. The van der Waals surface area contributed by atoms with Crippen molar-refractivity contribution in [2.75, 3.05) is 11.9 Å². The topological polar surface area (TPSA) is 38.3 Å². The molecule has 0 bridgehead atoms. The zero-order valence-corrected chi connectivity index (χ0v) is 9.96. The number of rotatable bonds is 4. The summed E-state index contributed by atoms with van der Waals surface area (Å²) in [5.74, 6) is 0.682. The molecule has 16 heavy (non-hydrogen) atoms. The Balaban J connectivity index is 2.99. The maximum Gasteiger partial charge on any atom is 0.247 e. The number of amides is 1. The van der Waals surface area contributed by atoms with Gasteiger partial charge in [-0.05, 0) is 50.1 Å². The molecule has 0 unspecified atom stereocenters. The third-order valence-electron chi connectivity index (χ3n) is 2.20. The van der Waals surface area contributed by atoms with Gasteiger partial charge in [0, 0.05) is 5.69 Å². The Labute approximate surface area is 96.1 Å². The van der Waals surface area contributed by atoms with Gasteiger partial charge in [-0.25, -0.2) is 0 Å². The van der Waals surface area contributed by atoms with E-state index in [1.807, 2.05) is 32.9 Å². The van der Waals surface area contributed by atoms with Crippen molar-refractivity contribution in [3.63, 3.8) is 0 Å². The molecule has 0 saturated carbocycles. The minimum atomic E-state index is -0.206. The monoisotopic (exact) mass is 219 g/mol. The quantitative estimate of drug-likeness (QED) is 0.791. The minimum Gasteiger partial charge on any atom is -0.493 e. The van der Waals surface area contributed by atoms with Gasteiger partial charge in [-0.3, -0.25) is 4.79 Å². The number of ether oxygens (including phenoxy) is 1. The largest absolute Gasteiger partial charge is 0.493 e. The number of carbonyl (C=O) groups is 1. The lowest BCUT2D eigenvalue weighted by Gasteiger charge is -2.12. The number of nitrogens with one attached hydrogen (secondary N) is 1. The van der Waals surface area contributed by atoms with Crippen LogP contribution in [0.1, 0.15) is 18.1 Å². The molecule has 0 heterocycles. The summed E-state index contributed by atoms with van der Waals surface area (Å²) in [5, 5.41) is 2.73. The first-order valence-electron chi connectivity index (χ1n) is 5.26. The molecule has 0 aromatic heterocycles. The van der Waals surface area contributed by atoms with E-state index in [-0.39, 0.29) is 5.91 Å². The van der Waals surface area contributed by atoms with Gasteiger partial charge in [0.1, 0.15) is 5.75 Å². The van der Waals surface area contributed by atoms with Crippen molar-refractivity contribution in [1.82, 2.24) is 0 Å². The molecule has 0 aliphatic carbocycles. The van der Waals surface area contributed by atoms with Gasteiger partial charge in [-0.2, -0.15) is 0 Å². The average molecular weight is 219 g/mol. The second kappa shape index (κ2) is 5.35. The summed E-state index contributed by atoms with van der Waals surface area (Å²) in [6.45, 7) is 9.92. The van der Waals surface area contributed by atoms with E-state index in [1.54, 1.807) is 0 Å². The summed E-state index contributed by atoms with van der Waals surface area (Å²) in [6.07, 6.45) is 1.25. The molecule has 0 radical (unpaired) electrons. The van der Waals surface area contributed by atoms with E-state index in [0.717, 1.165) is 22.6 Å². The fourth-order valence-electron chi connectivity index (χ4n) is 1.59. The van der Waals surface area contributed by atoms with Crippen LogP contribution in [0.4, 0.5) is 5.69 Å². The highest BCUT2D eigenvalue weighted by Crippen LogP contribution is 2.27. The van der Waals surface area contributed by atoms with Gasteiger partial charge >= 0.3 is 0 Å². The summed E-state index contributed by atoms with van der Waals surface area (Å²) < 4.78 is 5.52. The number of carbonyl (C=O) groups excluding carboxylic acids is 1. The molecule has 0 aliphatic heterocycles. The van der Waals surface area contributed by atoms with E-state index >= 15 is 0 Å². The first-order valence-corrected chi connectivity index (χ1v) is 5.26. The highest BCUT2D eigenvalue weighted by Gasteiger charge is 2.06. The number of hydrogen-bond acceptors (Lipinski definition) is 2. The molecular formula is C13H17NO2. The second-order valence-corrected chi connectivity index (χ2v) is 3.57. The third-order valence-corrected chi connectivity index (χ3v) is 2.20. The van der Waals surface area contributed by atoms with Gasteiger partial charge in [-0.1, -0.05) is 6.58 Å². The van der Waals surface area contributed by atoms with E-state index in [0.29, 0.717) is 6.61 Å². The molecule has 86 valence electrons. The van der Waals surface area contributed by atoms with Crippen LogP contribution in [0.5, 0.6) is 5.75 Å². The van der Waals surface area contributed by atoms with E-state index in [1.165, 1.54) is 6.08 Å². The molecule has 0 fully saturated rings. The Bertz CT molecular complexity index is 387. The van der Waals surface area contributed by atoms with Crippen molar-refractivity contribution in [2.45, 2.75) is 20.8 Å². The van der Waals surface area contributed by atoms with Crippen molar-refractivity contribution >= 4 is 11.6 Å². The Kier molecular flexibility index (Phi) is 4.11. The third kappa shape index (κ3) is 2.86. The average Bonchev–Trinajstić information content (AvgIpc) is 2.23. The number of benzene rings is 1. The number of aryl methyl sites for hydroxylation is 2. The van der Waals surface area contributed by atoms with Gasteiger partial charge in [0.2, 0.25) is 5.91 Å². The van der Waals surface area contributed by atoms with Crippen LogP contribution >= 0.6 is 0 Å². The summed E-state index contributed by atoms with van der Waals surface area (Å²) in [7, 11) is 0. The van der Waals surface area contributed by atoms with Crippen LogP contribution in [0.25, 0.3) is 0 Å². The summed E-state index contributed by atoms with van der Waals surface area (Å²) in [4.78, 5) is 11.2. The predicted octanol–water partition coefficient (Wildman–Crippen LogP) is 2.83. The van der Waals surface area contributed by atoms with Crippen LogP contribution in [-0.4, -0.2) is 12.5 Å². The Morgan fingerprint density at radius 3 is 2.44 bits per heavy atom. The van der Waals surface area contributed by atoms with Crippen LogP contribution in [0, 0.1) is 13.8 Å². The van der Waals surface area contributed by atoms with Crippen molar-refractivity contribution in [1.29, 1.82) is 0 Å². The lowest BCUT2D eigenvalue weighted by Crippen LogP contribution is -2.08. The van der Waals surface area contributed by atoms with Crippen molar-refractivity contribution in [3.8, 4) is 5.75 Å². The SMILES string of the molecule is C=CC(=O)Nc1cc(C)c(OCC)c(C)c1. The van der Waals surface area contributed by atoms with Crippen molar-refractivity contribution in [2.24, 2.45) is 0 Å². The molecule has 0 aliphatic rings. The van der Waals surface area contributed by atoms with Crippen LogP contribution in [0.3, 0.4) is 0 Å². The lowest BCUT2D eigenvalue weighted by molar-refractivity contribution is -0.111. The molecule has 1 aromatic rings. The van der Waals surface area contributed by atoms with Crippen LogP contribution in [-0.2, 0) is 4.79 Å². The molecule has 1 rings (SSSR count). The molecule has 3 heteroatoms. The Hall–Kier alpha value is -1.77. The normalized spacial score (nSPS) is 9.69. The summed E-state index contributed by atoms with van der Waals surface area (Å²) in [6, 6.07) is 3.78. The standard InChI is InChI=1S/C13H17NO2/c1-5-12(15)14-11-7-9(3)13(16-6-2)10(4)8-11/h5,7-8H,1,6H2,2-4H3,(H,14,15). The molecule has 0 saturated heterocycles. The van der Waals surface area contributed by atoms with E-state index < -0.39 is 0 Å². The second-order valence-electron chi connectivity index (χ2n) is 3.57. The fourth-order valence-corrected chi connectivity index (χ4v) is 1.59. The maximum absolute atomic E-state index is 11.2. The van der Waals surface area contributed by atoms with Crippen LogP contribution < -0.4 is 10.1 Å². The van der Waals surface area contributed by atoms with E-state index in [9.17, 15) is 4.79 Å². The van der Waals surface area contributed by atoms with Crippen LogP contribution in [0.2, 0.25) is 0 Å². The number of anilines is 1. The zero-order chi connectivity index (χ0) is 12.1. The fraction of sp³-hybridized carbons (Fsp3) is 0.308. The van der Waals surface area contributed by atoms with Gasteiger partial charge in [0.05, 0.1) is 6.61 Å². The van der Waals surface area contributed by atoms with Gasteiger partial charge in [0.15, 0.2) is 0 Å². The van der Waals surface area contributed by atoms with E-state index in [2.05, 4.69) is 11.9 Å². The summed E-state index contributed by atoms with van der Waals surface area (Å²) in [5.41, 5.74) is 2.80. The number of hydrogen-bond donors (Lipinski definition) is 1. The molecule has 0 atom stereocenters. The molecular weight excluding hydrogens is 202 g/mol. The smallest absolute Gasteiger partial charge is 0.247 e. The first-order chi connectivity index (χ1) is 7.58. The van der Waals surface area contributed by atoms with Gasteiger partial charge < -0.3 is 10.1 Å². The molecule has 1 aromatic carbocycles.